The van der Waals surface area contributed by atoms with Gasteiger partial charge in [0, 0.05) is 35.8 Å². The number of rotatable bonds is 5. The molecule has 0 saturated carbocycles. The fraction of sp³-hybridized carbons (Fsp3) is 0.261. The number of nitrogens with one attached hydrogen (secondary N) is 1. The van der Waals surface area contributed by atoms with E-state index in [1.807, 2.05) is 22.7 Å². The van der Waals surface area contributed by atoms with E-state index in [2.05, 4.69) is 52.5 Å². The smallest absolute Gasteiger partial charge is 0.249 e. The van der Waals surface area contributed by atoms with Crippen LogP contribution >= 0.6 is 22.7 Å². The second kappa shape index (κ2) is 8.37. The number of aromatic nitrogens is 2. The van der Waals surface area contributed by atoms with E-state index in [0.29, 0.717) is 0 Å². The van der Waals surface area contributed by atoms with E-state index in [4.69, 9.17) is 4.74 Å². The number of ether oxygens (including phenoxy) is 1. The maximum absolute atomic E-state index is 12.4. The SMILES string of the molecule is COCC(=O)N1CCC=C(c2cc3c(Nc4ccc5scnc5c4)ccnc3s2)[C@H]1C. The van der Waals surface area contributed by atoms with E-state index in [1.165, 1.54) is 10.3 Å². The number of hydrogen-bond acceptors (Lipinski definition) is 7. The first-order valence-electron chi connectivity index (χ1n) is 10.1. The van der Waals surface area contributed by atoms with Gasteiger partial charge in [0.2, 0.25) is 5.91 Å². The first kappa shape index (κ1) is 20.1. The zero-order valence-corrected chi connectivity index (χ0v) is 18.9. The van der Waals surface area contributed by atoms with Crippen LogP contribution in [0.5, 0.6) is 0 Å². The lowest BCUT2D eigenvalue weighted by molar-refractivity contribution is -0.136. The fourth-order valence-electron chi connectivity index (χ4n) is 4.03. The number of amides is 1. The topological polar surface area (TPSA) is 67.3 Å². The standard InChI is InChI=1S/C23H22N4O2S2/c1-14-16(4-3-9-27(14)22(28)12-29-2)21-11-17-18(7-8-24-23(17)31-21)26-15-5-6-20-19(10-15)25-13-30-20/h4-8,10-11,13-14H,3,9,12H2,1-2H3,(H,24,26)/t14-/m1/s1. The molecule has 8 heteroatoms. The molecule has 4 heterocycles. The van der Waals surface area contributed by atoms with Crippen molar-refractivity contribution in [2.45, 2.75) is 19.4 Å². The minimum atomic E-state index is 0.00736. The summed E-state index contributed by atoms with van der Waals surface area (Å²) >= 11 is 3.30. The Hall–Kier alpha value is -2.81. The van der Waals surface area contributed by atoms with Crippen molar-refractivity contribution in [3.63, 3.8) is 0 Å². The Bertz CT molecular complexity index is 1290. The molecule has 0 fully saturated rings. The maximum atomic E-state index is 12.4. The molecule has 31 heavy (non-hydrogen) atoms. The third-order valence-corrected chi connectivity index (χ3v) is 7.47. The van der Waals surface area contributed by atoms with E-state index in [9.17, 15) is 4.79 Å². The first-order chi connectivity index (χ1) is 15.1. The van der Waals surface area contributed by atoms with Gasteiger partial charge in [-0.1, -0.05) is 6.08 Å². The van der Waals surface area contributed by atoms with Crippen LogP contribution in [0.4, 0.5) is 11.4 Å². The van der Waals surface area contributed by atoms with Gasteiger partial charge in [0.1, 0.15) is 11.4 Å². The lowest BCUT2D eigenvalue weighted by Crippen LogP contribution is -2.43. The van der Waals surface area contributed by atoms with Gasteiger partial charge in [-0.05, 0) is 49.2 Å². The van der Waals surface area contributed by atoms with Crippen LogP contribution < -0.4 is 5.32 Å². The molecule has 0 spiro atoms. The highest BCUT2D eigenvalue weighted by atomic mass is 32.1. The molecule has 4 aromatic rings. The summed E-state index contributed by atoms with van der Waals surface area (Å²) < 4.78 is 6.23. The number of anilines is 2. The molecule has 0 unspecified atom stereocenters. The molecule has 0 radical (unpaired) electrons. The van der Waals surface area contributed by atoms with Gasteiger partial charge >= 0.3 is 0 Å². The Kier molecular flexibility index (Phi) is 5.43. The number of benzene rings is 1. The number of carbonyl (C=O) groups excluding carboxylic acids is 1. The van der Waals surface area contributed by atoms with E-state index < -0.39 is 0 Å². The predicted octanol–water partition coefficient (Wildman–Crippen LogP) is 5.30. The highest BCUT2D eigenvalue weighted by Crippen LogP contribution is 2.38. The van der Waals surface area contributed by atoms with Crippen molar-refractivity contribution in [2.75, 3.05) is 25.6 Å². The van der Waals surface area contributed by atoms with Gasteiger partial charge in [-0.15, -0.1) is 22.7 Å². The second-order valence-electron chi connectivity index (χ2n) is 7.49. The summed E-state index contributed by atoms with van der Waals surface area (Å²) in [5.41, 5.74) is 6.05. The summed E-state index contributed by atoms with van der Waals surface area (Å²) in [6.45, 7) is 2.92. The molecule has 1 amide bonds. The van der Waals surface area contributed by atoms with Gasteiger partial charge in [-0.2, -0.15) is 0 Å². The second-order valence-corrected chi connectivity index (χ2v) is 9.41. The molecule has 158 valence electrons. The van der Waals surface area contributed by atoms with Crippen LogP contribution in [0.15, 0.2) is 48.1 Å². The highest BCUT2D eigenvalue weighted by molar-refractivity contribution is 7.19. The molecule has 5 rings (SSSR count). The summed E-state index contributed by atoms with van der Waals surface area (Å²) in [6.07, 6.45) is 4.92. The van der Waals surface area contributed by atoms with E-state index >= 15 is 0 Å². The third kappa shape index (κ3) is 3.82. The largest absolute Gasteiger partial charge is 0.375 e. The Morgan fingerprint density at radius 3 is 3.06 bits per heavy atom. The molecule has 1 atom stereocenters. The van der Waals surface area contributed by atoms with Crippen LogP contribution in [-0.4, -0.2) is 47.1 Å². The highest BCUT2D eigenvalue weighted by Gasteiger charge is 2.27. The minimum absolute atomic E-state index is 0.00736. The summed E-state index contributed by atoms with van der Waals surface area (Å²) in [4.78, 5) is 25.5. The van der Waals surface area contributed by atoms with Crippen LogP contribution in [0, 0.1) is 0 Å². The van der Waals surface area contributed by atoms with E-state index in [-0.39, 0.29) is 18.6 Å². The Labute approximate surface area is 188 Å². The molecule has 1 N–H and O–H groups in total. The minimum Gasteiger partial charge on any atom is -0.375 e. The lowest BCUT2D eigenvalue weighted by Gasteiger charge is -2.33. The maximum Gasteiger partial charge on any atom is 0.249 e. The molecular weight excluding hydrogens is 428 g/mol. The van der Waals surface area contributed by atoms with Crippen molar-refractivity contribution in [3.05, 3.63) is 53.0 Å². The van der Waals surface area contributed by atoms with Crippen LogP contribution in [0.3, 0.4) is 0 Å². The molecule has 1 aliphatic heterocycles. The van der Waals surface area contributed by atoms with Gasteiger partial charge in [-0.3, -0.25) is 4.79 Å². The van der Waals surface area contributed by atoms with Crippen LogP contribution in [0.25, 0.3) is 26.0 Å². The predicted molar refractivity (Wildman–Crippen MR) is 128 cm³/mol. The zero-order chi connectivity index (χ0) is 21.4. The quantitative estimate of drug-likeness (QED) is 0.447. The fourth-order valence-corrected chi connectivity index (χ4v) is 5.83. The summed E-state index contributed by atoms with van der Waals surface area (Å²) in [5.74, 6) is 0.0274. The van der Waals surface area contributed by atoms with Crippen molar-refractivity contribution >= 4 is 66.0 Å². The number of thiazole rings is 1. The number of hydrogen-bond donors (Lipinski definition) is 1. The van der Waals surface area contributed by atoms with Gasteiger partial charge in [0.05, 0.1) is 27.5 Å². The summed E-state index contributed by atoms with van der Waals surface area (Å²) in [6, 6.07) is 10.4. The van der Waals surface area contributed by atoms with Crippen LogP contribution in [0.2, 0.25) is 0 Å². The number of pyridine rings is 1. The van der Waals surface area contributed by atoms with Crippen LogP contribution in [0.1, 0.15) is 18.2 Å². The monoisotopic (exact) mass is 450 g/mol. The average molecular weight is 451 g/mol. The lowest BCUT2D eigenvalue weighted by atomic mass is 9.99. The number of thiophene rings is 1. The molecule has 3 aromatic heterocycles. The van der Waals surface area contributed by atoms with Gasteiger partial charge < -0.3 is 15.0 Å². The van der Waals surface area contributed by atoms with Crippen molar-refractivity contribution < 1.29 is 9.53 Å². The Balaban J connectivity index is 1.46. The first-order valence-corrected chi connectivity index (χ1v) is 11.8. The number of nitrogens with zero attached hydrogens (tertiary/aromatic N) is 3. The van der Waals surface area contributed by atoms with Crippen molar-refractivity contribution in [1.29, 1.82) is 0 Å². The van der Waals surface area contributed by atoms with E-state index in [0.717, 1.165) is 45.0 Å². The summed E-state index contributed by atoms with van der Waals surface area (Å²) in [7, 11) is 1.56. The Morgan fingerprint density at radius 1 is 1.29 bits per heavy atom. The molecule has 6 nitrogen and oxygen atoms in total. The van der Waals surface area contributed by atoms with Crippen molar-refractivity contribution in [1.82, 2.24) is 14.9 Å². The normalized spacial score (nSPS) is 16.6. The third-order valence-electron chi connectivity index (χ3n) is 5.57. The zero-order valence-electron chi connectivity index (χ0n) is 17.3. The number of fused-ring (bicyclic) bond motifs is 2. The molecule has 0 bridgehead atoms. The Morgan fingerprint density at radius 2 is 2.19 bits per heavy atom. The van der Waals surface area contributed by atoms with Crippen molar-refractivity contribution in [3.8, 4) is 0 Å². The van der Waals surface area contributed by atoms with Crippen LogP contribution in [-0.2, 0) is 9.53 Å². The number of methoxy groups -OCH3 is 1. The molecule has 1 aromatic carbocycles. The number of carbonyl (C=O) groups is 1. The van der Waals surface area contributed by atoms with Crippen molar-refractivity contribution in [2.24, 2.45) is 0 Å². The molecule has 1 aliphatic rings. The summed E-state index contributed by atoms with van der Waals surface area (Å²) in [5, 5.41) is 4.61. The molecule has 0 saturated heterocycles. The van der Waals surface area contributed by atoms with Gasteiger partial charge in [-0.25, -0.2) is 9.97 Å². The van der Waals surface area contributed by atoms with Gasteiger partial charge in [0.15, 0.2) is 0 Å². The van der Waals surface area contributed by atoms with Gasteiger partial charge in [0.25, 0.3) is 0 Å². The van der Waals surface area contributed by atoms with E-state index in [1.54, 1.807) is 29.8 Å². The average Bonchev–Trinajstić information content (AvgIpc) is 3.41. The molecular formula is C23H22N4O2S2. The molecule has 0 aliphatic carbocycles.